The molecule has 2 heterocycles. The van der Waals surface area contributed by atoms with Crippen molar-refractivity contribution in [1.29, 1.82) is 0 Å². The molecule has 1 fully saturated rings. The predicted octanol–water partition coefficient (Wildman–Crippen LogP) is 2.51. The highest BCUT2D eigenvalue weighted by Crippen LogP contribution is 2.27. The van der Waals surface area contributed by atoms with Crippen LogP contribution in [0.15, 0.2) is 34.9 Å². The summed E-state index contributed by atoms with van der Waals surface area (Å²) in [7, 11) is 0. The fourth-order valence-corrected chi connectivity index (χ4v) is 2.87. The molecule has 0 radical (unpaired) electrons. The van der Waals surface area contributed by atoms with Crippen molar-refractivity contribution < 1.29 is 9.90 Å². The number of fused-ring (bicyclic) bond motifs is 1. The summed E-state index contributed by atoms with van der Waals surface area (Å²) in [5.41, 5.74) is 2.12. The first-order valence-corrected chi connectivity index (χ1v) is 6.91. The third-order valence-corrected chi connectivity index (χ3v) is 4.19. The average Bonchev–Trinajstić information content (AvgIpc) is 2.35. The van der Waals surface area contributed by atoms with Crippen LogP contribution in [0.2, 0.25) is 0 Å². The Hall–Kier alpha value is -1.46. The minimum atomic E-state index is -0.699. The molecule has 0 amide bonds. The molecule has 1 aliphatic rings. The highest BCUT2D eigenvalue weighted by Gasteiger charge is 2.32. The van der Waals surface area contributed by atoms with Crippen LogP contribution < -0.4 is 0 Å². The van der Waals surface area contributed by atoms with E-state index >= 15 is 0 Å². The number of rotatable bonds is 3. The highest BCUT2D eigenvalue weighted by atomic mass is 79.9. The first-order valence-electron chi connectivity index (χ1n) is 6.12. The molecule has 3 rings (SSSR count). The molecule has 1 N–H and O–H groups in total. The molecule has 0 aliphatic carbocycles. The molecule has 0 saturated carbocycles. The Balaban J connectivity index is 1.83. The molecule has 1 aromatic carbocycles. The fraction of sp³-hybridized carbons (Fsp3) is 0.286. The van der Waals surface area contributed by atoms with Gasteiger partial charge in [0.25, 0.3) is 0 Å². The summed E-state index contributed by atoms with van der Waals surface area (Å²) in [4.78, 5) is 17.4. The van der Waals surface area contributed by atoms with Crippen molar-refractivity contribution in [3.8, 4) is 0 Å². The van der Waals surface area contributed by atoms with Gasteiger partial charge in [-0.15, -0.1) is 0 Å². The number of nitrogens with zero attached hydrogens (tertiary/aromatic N) is 2. The molecule has 5 heteroatoms. The van der Waals surface area contributed by atoms with Gasteiger partial charge in [0.15, 0.2) is 0 Å². The second-order valence-corrected chi connectivity index (χ2v) is 5.69. The Kier molecular flexibility index (Phi) is 3.24. The quantitative estimate of drug-likeness (QED) is 0.944. The van der Waals surface area contributed by atoms with E-state index in [4.69, 9.17) is 5.11 Å². The topological polar surface area (TPSA) is 53.4 Å². The second-order valence-electron chi connectivity index (χ2n) is 4.84. The van der Waals surface area contributed by atoms with Gasteiger partial charge in [-0.2, -0.15) is 0 Å². The smallest absolute Gasteiger partial charge is 0.309 e. The van der Waals surface area contributed by atoms with Gasteiger partial charge < -0.3 is 5.11 Å². The lowest BCUT2D eigenvalue weighted by molar-refractivity contribution is -0.147. The summed E-state index contributed by atoms with van der Waals surface area (Å²) in [5, 5.41) is 9.97. The van der Waals surface area contributed by atoms with E-state index < -0.39 is 5.97 Å². The zero-order valence-corrected chi connectivity index (χ0v) is 11.8. The van der Waals surface area contributed by atoms with Crippen LogP contribution in [-0.2, 0) is 11.3 Å². The van der Waals surface area contributed by atoms with Gasteiger partial charge in [0.2, 0.25) is 0 Å². The summed E-state index contributed by atoms with van der Waals surface area (Å²) in [6.07, 6.45) is 1.79. The number of benzene rings is 1. The Morgan fingerprint density at radius 1 is 1.42 bits per heavy atom. The molecular formula is C14H13BrN2O2. The molecule has 19 heavy (non-hydrogen) atoms. The van der Waals surface area contributed by atoms with Gasteiger partial charge in [0.05, 0.1) is 11.4 Å². The third-order valence-electron chi connectivity index (χ3n) is 3.50. The maximum absolute atomic E-state index is 10.8. The normalized spacial score (nSPS) is 16.5. The maximum Gasteiger partial charge on any atom is 0.309 e. The molecule has 0 unspecified atom stereocenters. The number of hydrogen-bond acceptors (Lipinski definition) is 3. The zero-order chi connectivity index (χ0) is 13.4. The van der Waals surface area contributed by atoms with Crippen LogP contribution in [0.1, 0.15) is 5.56 Å². The highest BCUT2D eigenvalue weighted by molar-refractivity contribution is 9.10. The van der Waals surface area contributed by atoms with E-state index in [-0.39, 0.29) is 5.92 Å². The largest absolute Gasteiger partial charge is 0.481 e. The standard InChI is InChI=1S/C14H13BrN2O2/c15-12-4-3-9(13-11(12)2-1-5-16-13)6-17-7-10(8-17)14(18)19/h1-5,10H,6-8H2,(H,18,19). The summed E-state index contributed by atoms with van der Waals surface area (Å²) < 4.78 is 1.03. The van der Waals surface area contributed by atoms with Crippen molar-refractivity contribution in [1.82, 2.24) is 9.88 Å². The van der Waals surface area contributed by atoms with E-state index in [1.54, 1.807) is 6.20 Å². The van der Waals surface area contributed by atoms with Gasteiger partial charge in [0.1, 0.15) is 0 Å². The number of hydrogen-bond donors (Lipinski definition) is 1. The summed E-state index contributed by atoms with van der Waals surface area (Å²) >= 11 is 3.53. The SMILES string of the molecule is O=C(O)C1CN(Cc2ccc(Br)c3cccnc23)C1. The van der Waals surface area contributed by atoms with Crippen molar-refractivity contribution in [3.05, 3.63) is 40.5 Å². The lowest BCUT2D eigenvalue weighted by atomic mass is 9.99. The monoisotopic (exact) mass is 320 g/mol. The van der Waals surface area contributed by atoms with E-state index in [1.807, 2.05) is 24.3 Å². The van der Waals surface area contributed by atoms with Crippen LogP contribution in [-0.4, -0.2) is 34.0 Å². The molecule has 0 bridgehead atoms. The van der Waals surface area contributed by atoms with Gasteiger partial charge in [-0.05, 0) is 17.7 Å². The minimum Gasteiger partial charge on any atom is -0.481 e. The van der Waals surface area contributed by atoms with E-state index in [0.717, 1.165) is 27.5 Å². The number of carboxylic acid groups (broad SMARTS) is 1. The van der Waals surface area contributed by atoms with Crippen molar-refractivity contribution in [2.75, 3.05) is 13.1 Å². The Bertz CT molecular complexity index is 638. The van der Waals surface area contributed by atoms with Gasteiger partial charge in [-0.1, -0.05) is 28.1 Å². The number of aromatic nitrogens is 1. The molecule has 4 nitrogen and oxygen atoms in total. The van der Waals surface area contributed by atoms with Crippen LogP contribution in [0.25, 0.3) is 10.9 Å². The number of carboxylic acids is 1. The Morgan fingerprint density at radius 3 is 2.95 bits per heavy atom. The van der Waals surface area contributed by atoms with Crippen LogP contribution in [0.3, 0.4) is 0 Å². The van der Waals surface area contributed by atoms with E-state index in [0.29, 0.717) is 13.1 Å². The first kappa shape index (κ1) is 12.6. The van der Waals surface area contributed by atoms with Crippen LogP contribution >= 0.6 is 15.9 Å². The lowest BCUT2D eigenvalue weighted by Gasteiger charge is -2.36. The van der Waals surface area contributed by atoms with Gasteiger partial charge in [0, 0.05) is 35.7 Å². The number of halogens is 1. The fourth-order valence-electron chi connectivity index (χ4n) is 2.42. The Morgan fingerprint density at radius 2 is 2.21 bits per heavy atom. The van der Waals surface area contributed by atoms with Crippen molar-refractivity contribution in [3.63, 3.8) is 0 Å². The van der Waals surface area contributed by atoms with Gasteiger partial charge in [-0.25, -0.2) is 0 Å². The molecular weight excluding hydrogens is 308 g/mol. The van der Waals surface area contributed by atoms with Crippen LogP contribution in [0.4, 0.5) is 0 Å². The number of aliphatic carboxylic acids is 1. The molecule has 1 aromatic heterocycles. The number of likely N-dealkylation sites (tertiary alicyclic amines) is 1. The molecule has 98 valence electrons. The molecule has 1 aliphatic heterocycles. The van der Waals surface area contributed by atoms with Crippen molar-refractivity contribution in [2.45, 2.75) is 6.54 Å². The maximum atomic E-state index is 10.8. The van der Waals surface area contributed by atoms with Crippen molar-refractivity contribution in [2.24, 2.45) is 5.92 Å². The van der Waals surface area contributed by atoms with E-state index in [1.165, 1.54) is 0 Å². The molecule has 0 atom stereocenters. The second kappa shape index (κ2) is 4.90. The minimum absolute atomic E-state index is 0.213. The number of carbonyl (C=O) groups is 1. The van der Waals surface area contributed by atoms with Gasteiger partial charge >= 0.3 is 5.97 Å². The van der Waals surface area contributed by atoms with E-state index in [9.17, 15) is 4.79 Å². The third kappa shape index (κ3) is 2.35. The molecule has 2 aromatic rings. The average molecular weight is 321 g/mol. The zero-order valence-electron chi connectivity index (χ0n) is 10.2. The van der Waals surface area contributed by atoms with E-state index in [2.05, 4.69) is 25.8 Å². The molecule has 1 saturated heterocycles. The van der Waals surface area contributed by atoms with Crippen molar-refractivity contribution >= 4 is 32.8 Å². The predicted molar refractivity (Wildman–Crippen MR) is 75.8 cm³/mol. The summed E-state index contributed by atoms with van der Waals surface area (Å²) in [6, 6.07) is 8.02. The Labute approximate surface area is 119 Å². The first-order chi connectivity index (χ1) is 9.15. The molecule has 0 spiro atoms. The van der Waals surface area contributed by atoms with Crippen LogP contribution in [0, 0.1) is 5.92 Å². The number of pyridine rings is 1. The lowest BCUT2D eigenvalue weighted by Crippen LogP contribution is -2.49. The van der Waals surface area contributed by atoms with Gasteiger partial charge in [-0.3, -0.25) is 14.7 Å². The summed E-state index contributed by atoms with van der Waals surface area (Å²) in [6.45, 7) is 2.00. The van der Waals surface area contributed by atoms with Crippen LogP contribution in [0.5, 0.6) is 0 Å². The summed E-state index contributed by atoms with van der Waals surface area (Å²) in [5.74, 6) is -0.912.